The SMILES string of the molecule is O=C(Oc1c(-c2ccc(O)c(O)c2)oc2cc(O)cc(O)c2c1=O)[C@H]1O[C@@H](O)[C@H](O)[C@@H](O)[C@@H]1O. The molecule has 0 unspecified atom stereocenters. The number of aliphatic hydroxyl groups is 4. The van der Waals surface area contributed by atoms with Gasteiger partial charge >= 0.3 is 5.97 Å². The van der Waals surface area contributed by atoms with Gasteiger partial charge in [0, 0.05) is 17.7 Å². The number of hydrogen-bond donors (Lipinski definition) is 8. The fourth-order valence-electron chi connectivity index (χ4n) is 3.43. The number of rotatable bonds is 3. The predicted octanol–water partition coefficient (Wildman–Crippen LogP) is -1.01. The molecule has 1 saturated heterocycles. The normalized spacial score (nSPS) is 24.8. The maximum absolute atomic E-state index is 13.2. The molecule has 180 valence electrons. The number of aromatic hydroxyl groups is 4. The van der Waals surface area contributed by atoms with E-state index < -0.39 is 82.0 Å². The summed E-state index contributed by atoms with van der Waals surface area (Å²) in [6.07, 6.45) is -10.1. The molecule has 0 saturated carbocycles. The highest BCUT2D eigenvalue weighted by atomic mass is 16.7. The first-order valence-corrected chi connectivity index (χ1v) is 9.64. The molecule has 1 fully saturated rings. The Morgan fingerprint density at radius 1 is 0.853 bits per heavy atom. The second-order valence-electron chi connectivity index (χ2n) is 7.47. The highest BCUT2D eigenvalue weighted by molar-refractivity contribution is 5.90. The molecule has 0 amide bonds. The van der Waals surface area contributed by atoms with Crippen molar-refractivity contribution in [1.29, 1.82) is 0 Å². The number of carbonyl (C=O) groups excluding carboxylic acids is 1. The molecule has 1 aliphatic rings. The lowest BCUT2D eigenvalue weighted by Gasteiger charge is -2.36. The predicted molar refractivity (Wildman–Crippen MR) is 109 cm³/mol. The van der Waals surface area contributed by atoms with Crippen molar-refractivity contribution in [3.63, 3.8) is 0 Å². The van der Waals surface area contributed by atoms with E-state index in [1.165, 1.54) is 6.07 Å². The molecule has 0 radical (unpaired) electrons. The Kier molecular flexibility index (Phi) is 5.80. The van der Waals surface area contributed by atoms with Gasteiger partial charge in [-0.05, 0) is 18.2 Å². The van der Waals surface area contributed by atoms with Crippen LogP contribution in [-0.4, -0.2) is 77.5 Å². The maximum atomic E-state index is 13.2. The van der Waals surface area contributed by atoms with Crippen LogP contribution in [0.1, 0.15) is 0 Å². The summed E-state index contributed by atoms with van der Waals surface area (Å²) >= 11 is 0. The molecule has 0 aliphatic carbocycles. The number of aliphatic hydroxyl groups excluding tert-OH is 4. The third kappa shape index (κ3) is 3.87. The lowest BCUT2D eigenvalue weighted by atomic mass is 9.99. The molecular formula is C21H18O13. The van der Waals surface area contributed by atoms with Crippen molar-refractivity contribution in [3.05, 3.63) is 40.6 Å². The Morgan fingerprint density at radius 2 is 1.56 bits per heavy atom. The largest absolute Gasteiger partial charge is 0.508 e. The molecule has 1 aliphatic heterocycles. The number of fused-ring (bicyclic) bond motifs is 1. The van der Waals surface area contributed by atoms with E-state index in [1.54, 1.807) is 0 Å². The lowest BCUT2D eigenvalue weighted by Crippen LogP contribution is -2.60. The molecule has 2 aromatic carbocycles. The van der Waals surface area contributed by atoms with Gasteiger partial charge in [0.15, 0.2) is 29.7 Å². The van der Waals surface area contributed by atoms with E-state index in [4.69, 9.17) is 13.9 Å². The Hall–Kier alpha value is -3.88. The van der Waals surface area contributed by atoms with E-state index in [0.29, 0.717) is 0 Å². The van der Waals surface area contributed by atoms with Gasteiger partial charge in [0.05, 0.1) is 0 Å². The number of esters is 1. The van der Waals surface area contributed by atoms with Gasteiger partial charge in [-0.15, -0.1) is 0 Å². The minimum atomic E-state index is -2.07. The van der Waals surface area contributed by atoms with Crippen molar-refractivity contribution >= 4 is 16.9 Å². The summed E-state index contributed by atoms with van der Waals surface area (Å²) in [5.41, 5.74) is -1.52. The summed E-state index contributed by atoms with van der Waals surface area (Å²) in [7, 11) is 0. The Bertz CT molecular complexity index is 1330. The quantitative estimate of drug-likeness (QED) is 0.167. The van der Waals surface area contributed by atoms with E-state index in [0.717, 1.165) is 24.3 Å². The summed E-state index contributed by atoms with van der Waals surface area (Å²) in [5.74, 6) is -5.14. The molecule has 1 aromatic heterocycles. The second-order valence-corrected chi connectivity index (χ2v) is 7.47. The zero-order valence-corrected chi connectivity index (χ0v) is 16.9. The summed E-state index contributed by atoms with van der Waals surface area (Å²) in [5, 5.41) is 77.9. The fourth-order valence-corrected chi connectivity index (χ4v) is 3.43. The van der Waals surface area contributed by atoms with Crippen LogP contribution in [0.5, 0.6) is 28.7 Å². The molecule has 2 heterocycles. The number of hydrogen-bond acceptors (Lipinski definition) is 13. The van der Waals surface area contributed by atoms with Crippen molar-refractivity contribution < 1.29 is 59.5 Å². The smallest absolute Gasteiger partial charge is 0.343 e. The Balaban J connectivity index is 1.86. The zero-order valence-electron chi connectivity index (χ0n) is 16.9. The molecular weight excluding hydrogens is 460 g/mol. The van der Waals surface area contributed by atoms with Crippen LogP contribution in [0.25, 0.3) is 22.3 Å². The van der Waals surface area contributed by atoms with Crippen molar-refractivity contribution in [2.75, 3.05) is 0 Å². The van der Waals surface area contributed by atoms with Crippen LogP contribution in [0.15, 0.2) is 39.5 Å². The summed E-state index contributed by atoms with van der Waals surface area (Å²) < 4.78 is 15.4. The average molecular weight is 478 g/mol. The number of carbonyl (C=O) groups is 1. The van der Waals surface area contributed by atoms with Gasteiger partial charge in [-0.25, -0.2) is 4.79 Å². The standard InChI is InChI=1S/C21H18O13/c22-7-4-10(25)12-11(5-7)32-17(6-1-2-8(23)9(24)3-6)18(13(12)26)33-21(31)19-15(28)14(27)16(29)20(30)34-19/h1-5,14-16,19-20,22-25,27-30H/t14-,15-,16+,19-,20+/m0/s1. The van der Waals surface area contributed by atoms with Gasteiger partial charge in [-0.1, -0.05) is 0 Å². The minimum absolute atomic E-state index is 0.0828. The molecule has 4 rings (SSSR count). The van der Waals surface area contributed by atoms with Crippen molar-refractivity contribution in [2.45, 2.75) is 30.7 Å². The van der Waals surface area contributed by atoms with E-state index in [1.807, 2.05) is 0 Å². The first kappa shape index (κ1) is 23.3. The summed E-state index contributed by atoms with van der Waals surface area (Å²) in [4.78, 5) is 25.9. The van der Waals surface area contributed by atoms with Crippen LogP contribution in [0, 0.1) is 0 Å². The third-order valence-corrected chi connectivity index (χ3v) is 5.18. The third-order valence-electron chi connectivity index (χ3n) is 5.18. The summed E-state index contributed by atoms with van der Waals surface area (Å²) in [6.45, 7) is 0. The first-order chi connectivity index (χ1) is 16.0. The number of phenols is 4. The van der Waals surface area contributed by atoms with Crippen LogP contribution < -0.4 is 10.2 Å². The van der Waals surface area contributed by atoms with Crippen LogP contribution in [-0.2, 0) is 9.53 Å². The van der Waals surface area contributed by atoms with Gasteiger partial charge in [0.2, 0.25) is 11.2 Å². The molecule has 5 atom stereocenters. The van der Waals surface area contributed by atoms with Gasteiger partial charge < -0.3 is 54.7 Å². The van der Waals surface area contributed by atoms with E-state index in [-0.39, 0.29) is 11.1 Å². The van der Waals surface area contributed by atoms with Crippen molar-refractivity contribution in [1.82, 2.24) is 0 Å². The molecule has 34 heavy (non-hydrogen) atoms. The van der Waals surface area contributed by atoms with Gasteiger partial charge in [-0.3, -0.25) is 4.79 Å². The van der Waals surface area contributed by atoms with Crippen LogP contribution in [0.2, 0.25) is 0 Å². The number of phenolic OH excluding ortho intramolecular Hbond substituents is 4. The monoisotopic (exact) mass is 478 g/mol. The van der Waals surface area contributed by atoms with Crippen LogP contribution >= 0.6 is 0 Å². The number of ether oxygens (including phenoxy) is 2. The van der Waals surface area contributed by atoms with Gasteiger partial charge in [0.25, 0.3) is 0 Å². The van der Waals surface area contributed by atoms with Crippen molar-refractivity contribution in [2.24, 2.45) is 0 Å². The first-order valence-electron chi connectivity index (χ1n) is 9.64. The molecule has 3 aromatic rings. The fraction of sp³-hybridized carbons (Fsp3) is 0.238. The van der Waals surface area contributed by atoms with Crippen molar-refractivity contribution in [3.8, 4) is 40.1 Å². The highest BCUT2D eigenvalue weighted by Crippen LogP contribution is 2.38. The molecule has 0 spiro atoms. The van der Waals surface area contributed by atoms with Crippen LogP contribution in [0.3, 0.4) is 0 Å². The molecule has 0 bridgehead atoms. The van der Waals surface area contributed by atoms with E-state index >= 15 is 0 Å². The Labute approximate surface area is 188 Å². The average Bonchev–Trinajstić information content (AvgIpc) is 2.77. The van der Waals surface area contributed by atoms with Gasteiger partial charge in [0.1, 0.15) is 40.8 Å². The van der Waals surface area contributed by atoms with E-state index in [9.17, 15) is 50.4 Å². The molecule has 13 nitrogen and oxygen atoms in total. The molecule has 13 heteroatoms. The van der Waals surface area contributed by atoms with E-state index in [2.05, 4.69) is 0 Å². The summed E-state index contributed by atoms with van der Waals surface area (Å²) in [6, 6.07) is 5.03. The topological polar surface area (TPSA) is 228 Å². The Morgan fingerprint density at radius 3 is 2.24 bits per heavy atom. The van der Waals surface area contributed by atoms with Gasteiger partial charge in [-0.2, -0.15) is 0 Å². The maximum Gasteiger partial charge on any atom is 0.343 e. The minimum Gasteiger partial charge on any atom is -0.508 e. The zero-order chi connectivity index (χ0) is 24.9. The highest BCUT2D eigenvalue weighted by Gasteiger charge is 2.47. The lowest BCUT2D eigenvalue weighted by molar-refractivity contribution is -0.279. The second kappa shape index (κ2) is 8.48. The number of benzene rings is 2. The molecule has 8 N–H and O–H groups in total. The van der Waals surface area contributed by atoms with Crippen LogP contribution in [0.4, 0.5) is 0 Å².